The normalized spacial score (nSPS) is 12.6. The number of benzene rings is 1. The van der Waals surface area contributed by atoms with Gasteiger partial charge in [-0.1, -0.05) is 25.1 Å². The first-order chi connectivity index (χ1) is 10.1. The number of imidazole rings is 1. The summed E-state index contributed by atoms with van der Waals surface area (Å²) in [4.78, 5) is 5.85. The van der Waals surface area contributed by atoms with Crippen molar-refractivity contribution < 1.29 is 13.9 Å². The maximum atomic E-state index is 12.9. The van der Waals surface area contributed by atoms with Crippen LogP contribution < -0.4 is 4.90 Å². The number of aliphatic hydroxyl groups is 1. The van der Waals surface area contributed by atoms with Gasteiger partial charge >= 0.3 is 6.55 Å². The van der Waals surface area contributed by atoms with Crippen molar-refractivity contribution in [3.63, 3.8) is 0 Å². The largest absolute Gasteiger partial charge is 0.391 e. The lowest BCUT2D eigenvalue weighted by Crippen LogP contribution is -2.32. The van der Waals surface area contributed by atoms with Crippen molar-refractivity contribution in [2.45, 2.75) is 32.5 Å². The van der Waals surface area contributed by atoms with Gasteiger partial charge < -0.3 is 10.0 Å². The molecule has 6 heteroatoms. The fourth-order valence-corrected chi connectivity index (χ4v) is 2.10. The molecule has 0 bridgehead atoms. The van der Waals surface area contributed by atoms with Crippen molar-refractivity contribution in [3.05, 3.63) is 48.5 Å². The van der Waals surface area contributed by atoms with Gasteiger partial charge in [-0.25, -0.2) is 4.98 Å². The van der Waals surface area contributed by atoms with Crippen LogP contribution in [0.4, 0.5) is 14.5 Å². The molecule has 0 radical (unpaired) electrons. The van der Waals surface area contributed by atoms with Crippen LogP contribution in [0.2, 0.25) is 0 Å². The molecular weight excluding hydrogens is 276 g/mol. The zero-order valence-corrected chi connectivity index (χ0v) is 11.9. The number of para-hydroxylation sites is 1. The second kappa shape index (κ2) is 7.17. The number of alkyl halides is 2. The third-order valence-electron chi connectivity index (χ3n) is 3.32. The Morgan fingerprint density at radius 2 is 2.00 bits per heavy atom. The van der Waals surface area contributed by atoms with Crippen molar-refractivity contribution >= 4 is 5.69 Å². The van der Waals surface area contributed by atoms with Gasteiger partial charge in [0.15, 0.2) is 0 Å². The second-order valence-electron chi connectivity index (χ2n) is 4.81. The SMILES string of the molecule is CCC(O)CN(Cc1nccn1C(F)F)c1ccccc1. The number of hydrogen-bond acceptors (Lipinski definition) is 3. The predicted molar refractivity (Wildman–Crippen MR) is 77.3 cm³/mol. The number of rotatable bonds is 7. The smallest absolute Gasteiger partial charge is 0.319 e. The Labute approximate surface area is 122 Å². The summed E-state index contributed by atoms with van der Waals surface area (Å²) < 4.78 is 26.6. The quantitative estimate of drug-likeness (QED) is 0.853. The monoisotopic (exact) mass is 295 g/mol. The molecule has 0 fully saturated rings. The van der Waals surface area contributed by atoms with Crippen LogP contribution in [0, 0.1) is 0 Å². The van der Waals surface area contributed by atoms with E-state index in [0.717, 1.165) is 10.3 Å². The molecule has 1 aromatic carbocycles. The number of aliphatic hydroxyl groups excluding tert-OH is 1. The van der Waals surface area contributed by atoms with Gasteiger partial charge in [0.05, 0.1) is 12.6 Å². The number of nitrogens with zero attached hydrogens (tertiary/aromatic N) is 3. The van der Waals surface area contributed by atoms with E-state index in [4.69, 9.17) is 0 Å². The van der Waals surface area contributed by atoms with E-state index >= 15 is 0 Å². The molecule has 0 aliphatic rings. The standard InChI is InChI=1S/C15H19F2N3O/c1-2-13(21)10-19(12-6-4-3-5-7-12)11-14-18-8-9-20(14)15(16)17/h3-9,13,15,21H,2,10-11H2,1H3. The second-order valence-corrected chi connectivity index (χ2v) is 4.81. The summed E-state index contributed by atoms with van der Waals surface area (Å²) in [7, 11) is 0. The maximum absolute atomic E-state index is 12.9. The highest BCUT2D eigenvalue weighted by Crippen LogP contribution is 2.19. The molecule has 2 aromatic rings. The lowest BCUT2D eigenvalue weighted by atomic mass is 10.2. The summed E-state index contributed by atoms with van der Waals surface area (Å²) in [6, 6.07) is 9.41. The van der Waals surface area contributed by atoms with Gasteiger partial charge in [-0.2, -0.15) is 8.78 Å². The number of halogens is 2. The Hall–Kier alpha value is -1.95. The average molecular weight is 295 g/mol. The van der Waals surface area contributed by atoms with Crippen LogP contribution in [0.3, 0.4) is 0 Å². The van der Waals surface area contributed by atoms with Crippen LogP contribution in [0.5, 0.6) is 0 Å². The molecule has 21 heavy (non-hydrogen) atoms. The zero-order chi connectivity index (χ0) is 15.2. The summed E-state index contributed by atoms with van der Waals surface area (Å²) in [5.74, 6) is 0.275. The topological polar surface area (TPSA) is 41.3 Å². The third-order valence-corrected chi connectivity index (χ3v) is 3.32. The minimum atomic E-state index is -2.61. The Bertz CT molecular complexity index is 545. The Morgan fingerprint density at radius 3 is 2.62 bits per heavy atom. The van der Waals surface area contributed by atoms with E-state index in [1.165, 1.54) is 12.4 Å². The van der Waals surface area contributed by atoms with E-state index in [2.05, 4.69) is 4.98 Å². The van der Waals surface area contributed by atoms with E-state index in [-0.39, 0.29) is 12.4 Å². The molecule has 1 aromatic heterocycles. The van der Waals surface area contributed by atoms with Crippen molar-refractivity contribution in [1.29, 1.82) is 0 Å². The van der Waals surface area contributed by atoms with Crippen LogP contribution in [0.25, 0.3) is 0 Å². The summed E-state index contributed by atoms with van der Waals surface area (Å²) >= 11 is 0. The highest BCUT2D eigenvalue weighted by Gasteiger charge is 2.17. The van der Waals surface area contributed by atoms with Gasteiger partial charge in [0.1, 0.15) is 5.82 Å². The van der Waals surface area contributed by atoms with Crippen molar-refractivity contribution in [1.82, 2.24) is 9.55 Å². The summed E-state index contributed by atoms with van der Waals surface area (Å²) in [6.07, 6.45) is 2.72. The van der Waals surface area contributed by atoms with Crippen LogP contribution in [0.15, 0.2) is 42.7 Å². The first-order valence-corrected chi connectivity index (χ1v) is 6.89. The Balaban J connectivity index is 2.21. The van der Waals surface area contributed by atoms with Gasteiger partial charge in [0.25, 0.3) is 0 Å². The molecule has 1 unspecified atom stereocenters. The van der Waals surface area contributed by atoms with E-state index in [0.29, 0.717) is 13.0 Å². The molecule has 0 saturated heterocycles. The van der Waals surface area contributed by atoms with Gasteiger partial charge in [0, 0.05) is 24.6 Å². The maximum Gasteiger partial charge on any atom is 0.319 e. The van der Waals surface area contributed by atoms with Crippen LogP contribution >= 0.6 is 0 Å². The molecule has 0 amide bonds. The molecule has 114 valence electrons. The lowest BCUT2D eigenvalue weighted by Gasteiger charge is -2.27. The van der Waals surface area contributed by atoms with E-state index in [9.17, 15) is 13.9 Å². The van der Waals surface area contributed by atoms with Gasteiger partial charge in [-0.15, -0.1) is 0 Å². The third kappa shape index (κ3) is 4.01. The Morgan fingerprint density at radius 1 is 1.29 bits per heavy atom. The van der Waals surface area contributed by atoms with Crippen LogP contribution in [-0.2, 0) is 6.54 Å². The number of aromatic nitrogens is 2. The summed E-state index contributed by atoms with van der Waals surface area (Å²) in [5, 5.41) is 9.88. The average Bonchev–Trinajstić information content (AvgIpc) is 2.95. The first-order valence-electron chi connectivity index (χ1n) is 6.89. The van der Waals surface area contributed by atoms with Gasteiger partial charge in [-0.3, -0.25) is 4.57 Å². The predicted octanol–water partition coefficient (Wildman–Crippen LogP) is 3.06. The highest BCUT2D eigenvalue weighted by atomic mass is 19.3. The van der Waals surface area contributed by atoms with Crippen molar-refractivity contribution in [2.24, 2.45) is 0 Å². The Kier molecular flexibility index (Phi) is 5.27. The molecule has 4 nitrogen and oxygen atoms in total. The van der Waals surface area contributed by atoms with Gasteiger partial charge in [-0.05, 0) is 18.6 Å². The van der Waals surface area contributed by atoms with Gasteiger partial charge in [0.2, 0.25) is 0 Å². The zero-order valence-electron chi connectivity index (χ0n) is 11.9. The minimum absolute atomic E-state index is 0.221. The fourth-order valence-electron chi connectivity index (χ4n) is 2.10. The molecule has 1 heterocycles. The summed E-state index contributed by atoms with van der Waals surface area (Å²) in [5.41, 5.74) is 0.869. The van der Waals surface area contributed by atoms with E-state index in [1.54, 1.807) is 0 Å². The van der Waals surface area contributed by atoms with Crippen LogP contribution in [-0.4, -0.2) is 27.3 Å². The van der Waals surface area contributed by atoms with E-state index < -0.39 is 12.7 Å². The lowest BCUT2D eigenvalue weighted by molar-refractivity contribution is 0.0668. The molecular formula is C15H19F2N3O. The first kappa shape index (κ1) is 15.4. The molecule has 0 aliphatic heterocycles. The summed E-state index contributed by atoms with van der Waals surface area (Å²) in [6.45, 7) is -0.139. The highest BCUT2D eigenvalue weighted by molar-refractivity contribution is 5.46. The van der Waals surface area contributed by atoms with E-state index in [1.807, 2.05) is 42.2 Å². The molecule has 2 rings (SSSR count). The minimum Gasteiger partial charge on any atom is -0.391 e. The fraction of sp³-hybridized carbons (Fsp3) is 0.400. The molecule has 1 N–H and O–H groups in total. The number of hydrogen-bond donors (Lipinski definition) is 1. The van der Waals surface area contributed by atoms with Crippen molar-refractivity contribution in [3.8, 4) is 0 Å². The van der Waals surface area contributed by atoms with Crippen LogP contribution in [0.1, 0.15) is 25.7 Å². The molecule has 0 aliphatic carbocycles. The molecule has 0 spiro atoms. The molecule has 0 saturated carbocycles. The molecule has 1 atom stereocenters. The number of anilines is 1. The van der Waals surface area contributed by atoms with Crippen molar-refractivity contribution in [2.75, 3.05) is 11.4 Å².